The minimum absolute atomic E-state index is 0.602. The molecule has 1 unspecified atom stereocenters. The number of anilines is 1. The Kier molecular flexibility index (Phi) is 2.55. The van der Waals surface area contributed by atoms with E-state index in [9.17, 15) is 4.79 Å². The lowest BCUT2D eigenvalue weighted by molar-refractivity contribution is -0.137. The molecule has 0 aliphatic carbocycles. The van der Waals surface area contributed by atoms with E-state index in [4.69, 9.17) is 5.11 Å². The van der Waals surface area contributed by atoms with Crippen molar-refractivity contribution in [3.63, 3.8) is 0 Å². The molecule has 0 spiro atoms. The molecule has 13 heavy (non-hydrogen) atoms. The summed E-state index contributed by atoms with van der Waals surface area (Å²) in [5.74, 6) is -0.875. The van der Waals surface area contributed by atoms with Crippen LogP contribution in [0.4, 0.5) is 5.69 Å². The Bertz CT molecular complexity index is 300. The van der Waals surface area contributed by atoms with Gasteiger partial charge in [0.2, 0.25) is 0 Å². The highest BCUT2D eigenvalue weighted by atomic mass is 16.4. The Morgan fingerprint density at radius 2 is 2.23 bits per heavy atom. The van der Waals surface area contributed by atoms with Gasteiger partial charge in [0.05, 0.1) is 17.1 Å². The highest BCUT2D eigenvalue weighted by molar-refractivity contribution is 5.77. The van der Waals surface area contributed by atoms with Gasteiger partial charge in [-0.15, -0.1) is 0 Å². The Morgan fingerprint density at radius 1 is 1.62 bits per heavy atom. The van der Waals surface area contributed by atoms with Crippen LogP contribution in [0, 0.1) is 13.8 Å². The van der Waals surface area contributed by atoms with Gasteiger partial charge in [0.15, 0.2) is 0 Å². The number of aromatic amines is 1. The molecule has 1 atom stereocenters. The van der Waals surface area contributed by atoms with Crippen molar-refractivity contribution in [1.29, 1.82) is 0 Å². The second-order valence-corrected chi connectivity index (χ2v) is 3.01. The number of aryl methyl sites for hydroxylation is 2. The number of carbonyl (C=O) groups is 1. The van der Waals surface area contributed by atoms with Gasteiger partial charge in [-0.25, -0.2) is 0 Å². The first-order valence-corrected chi connectivity index (χ1v) is 4.03. The van der Waals surface area contributed by atoms with Gasteiger partial charge in [0.25, 0.3) is 0 Å². The standard InChI is InChI=1S/C8H13N3O2/c1-4-7(5(2)11-10-4)9-6(3)8(12)13/h6,9H,1-3H3,(H,10,11)(H,12,13). The molecule has 0 aliphatic rings. The monoisotopic (exact) mass is 183 g/mol. The largest absolute Gasteiger partial charge is 0.480 e. The summed E-state index contributed by atoms with van der Waals surface area (Å²) in [6.45, 7) is 5.26. The zero-order valence-corrected chi connectivity index (χ0v) is 7.88. The van der Waals surface area contributed by atoms with Crippen molar-refractivity contribution < 1.29 is 9.90 Å². The van der Waals surface area contributed by atoms with Crippen LogP contribution in [-0.2, 0) is 4.79 Å². The number of hydrogen-bond donors (Lipinski definition) is 3. The maximum absolute atomic E-state index is 10.6. The van der Waals surface area contributed by atoms with E-state index in [2.05, 4.69) is 15.5 Å². The summed E-state index contributed by atoms with van der Waals surface area (Å²) in [5, 5.41) is 18.3. The SMILES string of the molecule is Cc1n[nH]c(C)c1NC(C)C(=O)O. The van der Waals surface area contributed by atoms with Gasteiger partial charge in [-0.2, -0.15) is 5.10 Å². The van der Waals surface area contributed by atoms with Crippen LogP contribution in [-0.4, -0.2) is 27.3 Å². The van der Waals surface area contributed by atoms with Crippen molar-refractivity contribution in [1.82, 2.24) is 10.2 Å². The highest BCUT2D eigenvalue weighted by Crippen LogP contribution is 2.16. The number of rotatable bonds is 3. The van der Waals surface area contributed by atoms with Crippen molar-refractivity contribution in [2.75, 3.05) is 5.32 Å². The normalized spacial score (nSPS) is 12.5. The van der Waals surface area contributed by atoms with Crippen LogP contribution in [0.3, 0.4) is 0 Å². The lowest BCUT2D eigenvalue weighted by Gasteiger charge is -2.10. The average molecular weight is 183 g/mol. The highest BCUT2D eigenvalue weighted by Gasteiger charge is 2.14. The lowest BCUT2D eigenvalue weighted by atomic mass is 10.2. The van der Waals surface area contributed by atoms with E-state index in [1.165, 1.54) is 0 Å². The number of aliphatic carboxylic acids is 1. The van der Waals surface area contributed by atoms with E-state index < -0.39 is 12.0 Å². The smallest absolute Gasteiger partial charge is 0.325 e. The van der Waals surface area contributed by atoms with Crippen molar-refractivity contribution in [3.05, 3.63) is 11.4 Å². The Morgan fingerprint density at radius 3 is 2.62 bits per heavy atom. The number of carboxylic acid groups (broad SMARTS) is 1. The Labute approximate surface area is 76.2 Å². The fraction of sp³-hybridized carbons (Fsp3) is 0.500. The van der Waals surface area contributed by atoms with E-state index >= 15 is 0 Å². The molecule has 0 radical (unpaired) electrons. The number of carboxylic acids is 1. The van der Waals surface area contributed by atoms with Gasteiger partial charge in [-0.1, -0.05) is 0 Å². The molecular formula is C8H13N3O2. The second kappa shape index (κ2) is 3.47. The van der Waals surface area contributed by atoms with Crippen molar-refractivity contribution in [3.8, 4) is 0 Å². The van der Waals surface area contributed by atoms with Gasteiger partial charge < -0.3 is 10.4 Å². The molecule has 5 nitrogen and oxygen atoms in total. The zero-order valence-electron chi connectivity index (χ0n) is 7.88. The Balaban J connectivity index is 2.79. The average Bonchev–Trinajstić information content (AvgIpc) is 2.35. The van der Waals surface area contributed by atoms with Crippen molar-refractivity contribution in [2.24, 2.45) is 0 Å². The molecule has 0 aliphatic heterocycles. The maximum atomic E-state index is 10.6. The first kappa shape index (κ1) is 9.57. The van der Waals surface area contributed by atoms with Crippen LogP contribution in [0.5, 0.6) is 0 Å². The molecule has 1 aromatic heterocycles. The molecule has 3 N–H and O–H groups in total. The van der Waals surface area contributed by atoms with Crippen LogP contribution in [0.25, 0.3) is 0 Å². The lowest BCUT2D eigenvalue weighted by Crippen LogP contribution is -2.25. The first-order chi connectivity index (χ1) is 6.02. The van der Waals surface area contributed by atoms with Gasteiger partial charge in [-0.05, 0) is 20.8 Å². The summed E-state index contributed by atoms with van der Waals surface area (Å²) < 4.78 is 0. The summed E-state index contributed by atoms with van der Waals surface area (Å²) in [4.78, 5) is 10.6. The van der Waals surface area contributed by atoms with Crippen LogP contribution >= 0.6 is 0 Å². The predicted molar refractivity (Wildman–Crippen MR) is 48.8 cm³/mol. The van der Waals surface area contributed by atoms with E-state index in [1.807, 2.05) is 13.8 Å². The number of aromatic nitrogens is 2. The summed E-state index contributed by atoms with van der Waals surface area (Å²) in [6.07, 6.45) is 0. The second-order valence-electron chi connectivity index (χ2n) is 3.01. The molecule has 0 saturated carbocycles. The van der Waals surface area contributed by atoms with Gasteiger partial charge in [-0.3, -0.25) is 9.89 Å². The molecule has 1 rings (SSSR count). The number of hydrogen-bond acceptors (Lipinski definition) is 3. The summed E-state index contributed by atoms with van der Waals surface area (Å²) in [5.41, 5.74) is 2.41. The van der Waals surface area contributed by atoms with Gasteiger partial charge in [0.1, 0.15) is 6.04 Å². The zero-order chi connectivity index (χ0) is 10.0. The summed E-state index contributed by atoms with van der Waals surface area (Å²) >= 11 is 0. The van der Waals surface area contributed by atoms with Crippen molar-refractivity contribution >= 4 is 11.7 Å². The molecule has 1 heterocycles. The quantitative estimate of drug-likeness (QED) is 0.651. The third-order valence-electron chi connectivity index (χ3n) is 1.86. The number of nitrogens with zero attached hydrogens (tertiary/aromatic N) is 1. The first-order valence-electron chi connectivity index (χ1n) is 4.03. The number of nitrogens with one attached hydrogen (secondary N) is 2. The third-order valence-corrected chi connectivity index (χ3v) is 1.86. The minimum atomic E-state index is -0.875. The molecular weight excluding hydrogens is 170 g/mol. The summed E-state index contributed by atoms with van der Waals surface area (Å²) in [6, 6.07) is -0.602. The van der Waals surface area contributed by atoms with Crippen LogP contribution in [0.15, 0.2) is 0 Å². The summed E-state index contributed by atoms with van der Waals surface area (Å²) in [7, 11) is 0. The molecule has 1 aromatic rings. The minimum Gasteiger partial charge on any atom is -0.480 e. The maximum Gasteiger partial charge on any atom is 0.325 e. The van der Waals surface area contributed by atoms with Crippen molar-refractivity contribution in [2.45, 2.75) is 26.8 Å². The molecule has 5 heteroatoms. The van der Waals surface area contributed by atoms with Crippen LogP contribution < -0.4 is 5.32 Å². The molecule has 0 saturated heterocycles. The molecule has 0 fully saturated rings. The fourth-order valence-electron chi connectivity index (χ4n) is 1.04. The Hall–Kier alpha value is -1.52. The van der Waals surface area contributed by atoms with E-state index in [1.54, 1.807) is 6.92 Å². The van der Waals surface area contributed by atoms with E-state index in [-0.39, 0.29) is 0 Å². The molecule has 72 valence electrons. The number of H-pyrrole nitrogens is 1. The van der Waals surface area contributed by atoms with Crippen LogP contribution in [0.2, 0.25) is 0 Å². The fourth-order valence-corrected chi connectivity index (χ4v) is 1.04. The predicted octanol–water partition coefficient (Wildman–Crippen LogP) is 0.912. The van der Waals surface area contributed by atoms with E-state index in [0.717, 1.165) is 17.1 Å². The molecule has 0 aromatic carbocycles. The molecule has 0 bridgehead atoms. The topological polar surface area (TPSA) is 78.0 Å². The third kappa shape index (κ3) is 1.99. The molecule has 0 amide bonds. The van der Waals surface area contributed by atoms with Crippen LogP contribution in [0.1, 0.15) is 18.3 Å². The van der Waals surface area contributed by atoms with E-state index in [0.29, 0.717) is 0 Å². The van der Waals surface area contributed by atoms with Gasteiger partial charge in [0, 0.05) is 0 Å². The van der Waals surface area contributed by atoms with Gasteiger partial charge >= 0.3 is 5.97 Å².